The minimum absolute atomic E-state index is 0.312. The summed E-state index contributed by atoms with van der Waals surface area (Å²) < 4.78 is 19.0. The second-order valence-corrected chi connectivity index (χ2v) is 3.96. The van der Waals surface area contributed by atoms with Crippen LogP contribution in [-0.4, -0.2) is 5.27 Å². The van der Waals surface area contributed by atoms with Gasteiger partial charge in [0.1, 0.15) is 5.82 Å². The third-order valence-corrected chi connectivity index (χ3v) is 2.73. The fourth-order valence-electron chi connectivity index (χ4n) is 1.84. The van der Waals surface area contributed by atoms with Crippen LogP contribution < -0.4 is 9.79 Å². The van der Waals surface area contributed by atoms with Crippen LogP contribution in [0.3, 0.4) is 0 Å². The Labute approximate surface area is 108 Å². The maximum atomic E-state index is 12.9. The van der Waals surface area contributed by atoms with Gasteiger partial charge in [0, 0.05) is 12.1 Å². The number of halogens is 1. The molecule has 0 aliphatic heterocycles. The summed E-state index contributed by atoms with van der Waals surface area (Å²) in [6.45, 7) is 0. The Bertz CT molecular complexity index is 693. The van der Waals surface area contributed by atoms with Gasteiger partial charge in [-0.2, -0.15) is 0 Å². The number of aromatic nitrogens is 2. The van der Waals surface area contributed by atoms with Crippen molar-refractivity contribution in [1.29, 1.82) is 0 Å². The first-order valence-corrected chi connectivity index (χ1v) is 5.66. The SMILES string of the molecule is [O-]c1on[n+](-c2ccc(F)cc2)c1-c1ccccc1. The zero-order valence-corrected chi connectivity index (χ0v) is 9.79. The molecule has 4 nitrogen and oxygen atoms in total. The van der Waals surface area contributed by atoms with Crippen LogP contribution in [0.25, 0.3) is 16.9 Å². The Balaban J connectivity index is 2.16. The van der Waals surface area contributed by atoms with Gasteiger partial charge in [-0.15, -0.1) is 0 Å². The zero-order valence-electron chi connectivity index (χ0n) is 9.79. The van der Waals surface area contributed by atoms with Crippen molar-refractivity contribution in [3.05, 3.63) is 60.4 Å². The minimum Gasteiger partial charge on any atom is -0.539 e. The van der Waals surface area contributed by atoms with Crippen molar-refractivity contribution in [1.82, 2.24) is 5.27 Å². The average Bonchev–Trinajstić information content (AvgIpc) is 2.82. The van der Waals surface area contributed by atoms with E-state index < -0.39 is 5.95 Å². The van der Waals surface area contributed by atoms with Gasteiger partial charge in [-0.3, -0.25) is 0 Å². The Kier molecular flexibility index (Phi) is 2.72. The van der Waals surface area contributed by atoms with Crippen LogP contribution in [-0.2, 0) is 0 Å². The summed E-state index contributed by atoms with van der Waals surface area (Å²) in [5.41, 5.74) is 1.57. The summed E-state index contributed by atoms with van der Waals surface area (Å²) in [6.07, 6.45) is 0. The second kappa shape index (κ2) is 4.53. The van der Waals surface area contributed by atoms with E-state index in [0.29, 0.717) is 16.9 Å². The van der Waals surface area contributed by atoms with Crippen LogP contribution in [0.2, 0.25) is 0 Å². The van der Waals surface area contributed by atoms with Gasteiger partial charge >= 0.3 is 0 Å². The van der Waals surface area contributed by atoms with Gasteiger partial charge in [0.25, 0.3) is 5.69 Å². The molecular formula is C14H9FN2O2. The fraction of sp³-hybridized carbons (Fsp3) is 0. The molecule has 0 atom stereocenters. The molecule has 1 heterocycles. The summed E-state index contributed by atoms with van der Waals surface area (Å²) in [5.74, 6) is -0.882. The van der Waals surface area contributed by atoms with Gasteiger partial charge in [0.2, 0.25) is 5.69 Å². The largest absolute Gasteiger partial charge is 0.539 e. The van der Waals surface area contributed by atoms with Crippen LogP contribution in [0, 0.1) is 5.82 Å². The molecule has 0 aliphatic carbocycles. The van der Waals surface area contributed by atoms with Crippen LogP contribution in [0.15, 0.2) is 59.1 Å². The predicted octanol–water partition coefficient (Wildman–Crippen LogP) is 1.83. The molecule has 0 aliphatic rings. The number of rotatable bonds is 2. The molecule has 0 amide bonds. The first-order valence-electron chi connectivity index (χ1n) is 5.66. The van der Waals surface area contributed by atoms with Crippen molar-refractivity contribution >= 4 is 0 Å². The first kappa shape index (κ1) is 11.4. The fourth-order valence-corrected chi connectivity index (χ4v) is 1.84. The highest BCUT2D eigenvalue weighted by molar-refractivity contribution is 5.59. The summed E-state index contributed by atoms with van der Waals surface area (Å²) in [4.78, 5) is 0. The highest BCUT2D eigenvalue weighted by atomic mass is 19.1. The highest BCUT2D eigenvalue weighted by Crippen LogP contribution is 2.23. The average molecular weight is 256 g/mol. The van der Waals surface area contributed by atoms with Crippen molar-refractivity contribution in [3.63, 3.8) is 0 Å². The minimum atomic E-state index is -0.532. The van der Waals surface area contributed by atoms with E-state index >= 15 is 0 Å². The molecule has 0 saturated heterocycles. The van der Waals surface area contributed by atoms with Gasteiger partial charge in [-0.05, 0) is 28.9 Å². The van der Waals surface area contributed by atoms with Gasteiger partial charge in [0.15, 0.2) is 5.95 Å². The normalized spacial score (nSPS) is 10.6. The topological polar surface area (TPSA) is 53.0 Å². The molecule has 3 aromatic rings. The lowest BCUT2D eigenvalue weighted by molar-refractivity contribution is -0.660. The van der Waals surface area contributed by atoms with E-state index in [1.54, 1.807) is 12.1 Å². The third-order valence-electron chi connectivity index (χ3n) is 2.73. The second-order valence-electron chi connectivity index (χ2n) is 3.96. The number of nitrogens with zero attached hydrogens (tertiary/aromatic N) is 2. The van der Waals surface area contributed by atoms with E-state index in [4.69, 9.17) is 4.52 Å². The Morgan fingerprint density at radius 2 is 1.68 bits per heavy atom. The van der Waals surface area contributed by atoms with Crippen molar-refractivity contribution < 1.29 is 18.7 Å². The Morgan fingerprint density at radius 1 is 1.00 bits per heavy atom. The Hall–Kier alpha value is -2.69. The molecule has 0 unspecified atom stereocenters. The molecule has 1 aromatic heterocycles. The van der Waals surface area contributed by atoms with E-state index in [1.807, 2.05) is 18.2 Å². The lowest BCUT2D eigenvalue weighted by Gasteiger charge is -1.98. The van der Waals surface area contributed by atoms with E-state index in [0.717, 1.165) is 0 Å². The molecular weight excluding hydrogens is 247 g/mol. The molecule has 3 rings (SSSR count). The van der Waals surface area contributed by atoms with Crippen LogP contribution >= 0.6 is 0 Å². The molecule has 0 saturated carbocycles. The van der Waals surface area contributed by atoms with Crippen LogP contribution in [0.4, 0.5) is 4.39 Å². The van der Waals surface area contributed by atoms with E-state index in [-0.39, 0.29) is 5.82 Å². The van der Waals surface area contributed by atoms with Crippen molar-refractivity contribution in [3.8, 4) is 22.9 Å². The molecule has 5 heteroatoms. The molecule has 0 N–H and O–H groups in total. The third kappa shape index (κ3) is 2.06. The van der Waals surface area contributed by atoms with Crippen molar-refractivity contribution in [2.45, 2.75) is 0 Å². The molecule has 0 fully saturated rings. The van der Waals surface area contributed by atoms with Crippen molar-refractivity contribution in [2.75, 3.05) is 0 Å². The smallest absolute Gasteiger partial charge is 0.270 e. The first-order chi connectivity index (χ1) is 9.25. The van der Waals surface area contributed by atoms with E-state index in [9.17, 15) is 9.50 Å². The lowest BCUT2D eigenvalue weighted by Crippen LogP contribution is -2.34. The Morgan fingerprint density at radius 3 is 2.37 bits per heavy atom. The quantitative estimate of drug-likeness (QED) is 0.657. The zero-order chi connectivity index (χ0) is 13.2. The number of benzene rings is 2. The highest BCUT2D eigenvalue weighted by Gasteiger charge is 2.21. The summed E-state index contributed by atoms with van der Waals surface area (Å²) in [6, 6.07) is 14.7. The monoisotopic (exact) mass is 256 g/mol. The van der Waals surface area contributed by atoms with Gasteiger partial charge in [-0.1, -0.05) is 18.2 Å². The van der Waals surface area contributed by atoms with Crippen LogP contribution in [0.1, 0.15) is 0 Å². The molecule has 0 bridgehead atoms. The van der Waals surface area contributed by atoms with Gasteiger partial charge in [0.05, 0.1) is 10.8 Å². The molecule has 0 spiro atoms. The van der Waals surface area contributed by atoms with Gasteiger partial charge in [-0.25, -0.2) is 4.39 Å². The standard InChI is InChI=1S/C14H9FN2O2/c15-11-6-8-12(9-7-11)17-13(14(18)19-16-17)10-4-2-1-3-5-10/h1-9H. The van der Waals surface area contributed by atoms with E-state index in [1.165, 1.54) is 28.9 Å². The maximum absolute atomic E-state index is 12.9. The summed E-state index contributed by atoms with van der Waals surface area (Å²) >= 11 is 0. The molecule has 2 aromatic carbocycles. The summed E-state index contributed by atoms with van der Waals surface area (Å²) in [7, 11) is 0. The lowest BCUT2D eigenvalue weighted by atomic mass is 10.1. The van der Waals surface area contributed by atoms with Crippen LogP contribution in [0.5, 0.6) is 5.95 Å². The van der Waals surface area contributed by atoms with Crippen molar-refractivity contribution in [2.24, 2.45) is 0 Å². The molecule has 94 valence electrons. The maximum Gasteiger partial charge on any atom is 0.270 e. The van der Waals surface area contributed by atoms with E-state index in [2.05, 4.69) is 5.27 Å². The predicted molar refractivity (Wildman–Crippen MR) is 62.9 cm³/mol. The molecule has 19 heavy (non-hydrogen) atoms. The number of hydrogen-bond donors (Lipinski definition) is 0. The van der Waals surface area contributed by atoms with Gasteiger partial charge < -0.3 is 9.63 Å². The molecule has 0 radical (unpaired) electrons. The number of hydrogen-bond acceptors (Lipinski definition) is 3. The summed E-state index contributed by atoms with van der Waals surface area (Å²) in [5, 5.41) is 15.5.